The molecule has 1 aliphatic carbocycles. The standard InChI is InChI=1S/C13H13N5O.C12H23NO2.C8H14O/c1-8-10-6-18(5-3-11(10)19-17-8)13-9-2-4-14-12(9)15-7-16-13;1-5-7-10-8-6-9-13(10)11(14)15-12(2,3)4;1-6-5-8(3-4-9)7(6)2/h2,4,7H,3,5-6H2,1H3,(H,14,15,16);10H,5-9H2,1-4H3;4,6-8H,3,5H2,1-2H3. The second kappa shape index (κ2) is 14.4. The van der Waals surface area contributed by atoms with Gasteiger partial charge in [-0.15, -0.1) is 0 Å². The highest BCUT2D eigenvalue weighted by atomic mass is 16.6. The maximum Gasteiger partial charge on any atom is 0.410 e. The lowest BCUT2D eigenvalue weighted by molar-refractivity contribution is -0.110. The minimum absolute atomic E-state index is 0.140. The summed E-state index contributed by atoms with van der Waals surface area (Å²) in [5.74, 6) is 4.33. The monoisotopic (exact) mass is 594 g/mol. The zero-order valence-electron chi connectivity index (χ0n) is 27.1. The Labute approximate surface area is 255 Å². The number of rotatable bonds is 5. The van der Waals surface area contributed by atoms with Crippen molar-refractivity contribution >= 4 is 29.2 Å². The van der Waals surface area contributed by atoms with Crippen LogP contribution in [0.1, 0.15) is 97.1 Å². The molecule has 0 radical (unpaired) electrons. The first-order valence-corrected chi connectivity index (χ1v) is 15.9. The third-order valence-electron chi connectivity index (χ3n) is 9.00. The molecular weight excluding hydrogens is 544 g/mol. The Morgan fingerprint density at radius 3 is 2.70 bits per heavy atom. The second-order valence-corrected chi connectivity index (χ2v) is 13.3. The van der Waals surface area contributed by atoms with E-state index in [0.29, 0.717) is 12.0 Å². The van der Waals surface area contributed by atoms with Gasteiger partial charge in [0.25, 0.3) is 0 Å². The van der Waals surface area contributed by atoms with E-state index in [1.54, 1.807) is 6.33 Å². The van der Waals surface area contributed by atoms with Crippen LogP contribution in [0, 0.1) is 24.7 Å². The van der Waals surface area contributed by atoms with E-state index in [-0.39, 0.29) is 11.7 Å². The molecule has 3 aromatic heterocycles. The fourth-order valence-corrected chi connectivity index (χ4v) is 6.27. The largest absolute Gasteiger partial charge is 0.444 e. The summed E-state index contributed by atoms with van der Waals surface area (Å²) in [6.07, 6.45) is 11.8. The van der Waals surface area contributed by atoms with Crippen molar-refractivity contribution in [2.24, 2.45) is 17.8 Å². The lowest BCUT2D eigenvalue weighted by atomic mass is 9.66. The van der Waals surface area contributed by atoms with Crippen LogP contribution in [0.5, 0.6) is 0 Å². The number of nitrogens with zero attached hydrogens (tertiary/aromatic N) is 5. The number of amides is 1. The van der Waals surface area contributed by atoms with Gasteiger partial charge in [0.2, 0.25) is 0 Å². The summed E-state index contributed by atoms with van der Waals surface area (Å²) in [5, 5.41) is 5.09. The number of carbonyl (C=O) groups is 2. The molecule has 10 nitrogen and oxygen atoms in total. The summed E-state index contributed by atoms with van der Waals surface area (Å²) in [7, 11) is 0. The molecule has 0 spiro atoms. The Kier molecular flexibility index (Phi) is 10.8. The molecule has 1 amide bonds. The number of nitrogens with one attached hydrogen (secondary N) is 1. The predicted molar refractivity (Wildman–Crippen MR) is 168 cm³/mol. The van der Waals surface area contributed by atoms with Gasteiger partial charge in [0.05, 0.1) is 11.1 Å². The number of aryl methyl sites for hydroxylation is 1. The highest BCUT2D eigenvalue weighted by Crippen LogP contribution is 2.41. The van der Waals surface area contributed by atoms with Crippen LogP contribution in [0.25, 0.3) is 11.0 Å². The van der Waals surface area contributed by atoms with Crippen LogP contribution in [0.4, 0.5) is 10.6 Å². The second-order valence-electron chi connectivity index (χ2n) is 13.3. The van der Waals surface area contributed by atoms with Gasteiger partial charge in [-0.2, -0.15) is 0 Å². The van der Waals surface area contributed by atoms with Crippen molar-refractivity contribution in [2.45, 2.75) is 112 Å². The van der Waals surface area contributed by atoms with Crippen molar-refractivity contribution < 1.29 is 18.8 Å². The summed E-state index contributed by atoms with van der Waals surface area (Å²) < 4.78 is 10.7. The van der Waals surface area contributed by atoms with Gasteiger partial charge in [-0.25, -0.2) is 14.8 Å². The summed E-state index contributed by atoms with van der Waals surface area (Å²) in [6, 6.07) is 2.42. The van der Waals surface area contributed by atoms with E-state index in [1.807, 2.05) is 44.9 Å². The number of likely N-dealkylation sites (tertiary alicyclic amines) is 1. The first-order chi connectivity index (χ1) is 20.5. The van der Waals surface area contributed by atoms with E-state index in [0.717, 1.165) is 105 Å². The molecule has 6 rings (SSSR count). The Hall–Kier alpha value is -3.43. The number of aldehydes is 1. The molecule has 4 atom stereocenters. The van der Waals surface area contributed by atoms with Gasteiger partial charge < -0.3 is 28.8 Å². The van der Waals surface area contributed by atoms with E-state index < -0.39 is 0 Å². The predicted octanol–water partition coefficient (Wildman–Crippen LogP) is 6.87. The quantitative estimate of drug-likeness (QED) is 0.318. The zero-order valence-corrected chi connectivity index (χ0v) is 27.1. The molecule has 2 fully saturated rings. The van der Waals surface area contributed by atoms with E-state index >= 15 is 0 Å². The van der Waals surface area contributed by atoms with Crippen LogP contribution < -0.4 is 4.90 Å². The highest BCUT2D eigenvalue weighted by molar-refractivity contribution is 5.87. The molecule has 3 aliphatic rings. The van der Waals surface area contributed by atoms with Gasteiger partial charge in [0.1, 0.15) is 35.4 Å². The van der Waals surface area contributed by atoms with Crippen LogP contribution in [-0.4, -0.2) is 62.1 Å². The van der Waals surface area contributed by atoms with Gasteiger partial charge in [-0.3, -0.25) is 0 Å². The van der Waals surface area contributed by atoms with E-state index in [9.17, 15) is 9.59 Å². The van der Waals surface area contributed by atoms with Crippen molar-refractivity contribution in [1.29, 1.82) is 0 Å². The van der Waals surface area contributed by atoms with Crippen molar-refractivity contribution in [2.75, 3.05) is 18.0 Å². The van der Waals surface area contributed by atoms with Gasteiger partial charge >= 0.3 is 6.09 Å². The number of anilines is 1. The van der Waals surface area contributed by atoms with Crippen LogP contribution in [-0.2, 0) is 22.5 Å². The summed E-state index contributed by atoms with van der Waals surface area (Å²) >= 11 is 0. The average Bonchev–Trinajstić information content (AvgIpc) is 3.73. The molecule has 1 saturated heterocycles. The minimum Gasteiger partial charge on any atom is -0.444 e. The first kappa shape index (κ1) is 32.5. The molecule has 0 aromatic carbocycles. The number of hydrogen-bond acceptors (Lipinski definition) is 8. The number of aromatic nitrogens is 4. The number of carbonyl (C=O) groups excluding carboxylic acids is 2. The highest BCUT2D eigenvalue weighted by Gasteiger charge is 2.33. The fourth-order valence-electron chi connectivity index (χ4n) is 6.27. The third kappa shape index (κ3) is 8.15. The van der Waals surface area contributed by atoms with Crippen molar-refractivity contribution in [3.8, 4) is 0 Å². The van der Waals surface area contributed by atoms with E-state index in [1.165, 1.54) is 12.0 Å². The number of aromatic amines is 1. The van der Waals surface area contributed by atoms with Crippen LogP contribution in [0.3, 0.4) is 0 Å². The SMILES string of the molecule is CC1CC(CC=O)C1C.CCCC1CCCN1C(=O)OC(C)(C)C.Cc1noc2c1CN(c1ncnc3[nH]ccc13)CC2. The van der Waals surface area contributed by atoms with Gasteiger partial charge in [0, 0.05) is 50.3 Å². The van der Waals surface area contributed by atoms with Crippen molar-refractivity contribution in [3.05, 3.63) is 35.6 Å². The Morgan fingerprint density at radius 2 is 2.02 bits per heavy atom. The van der Waals surface area contributed by atoms with Crippen molar-refractivity contribution in [3.63, 3.8) is 0 Å². The molecule has 5 heterocycles. The Morgan fingerprint density at radius 1 is 1.23 bits per heavy atom. The summed E-state index contributed by atoms with van der Waals surface area (Å²) in [4.78, 5) is 37.8. The number of H-pyrrole nitrogens is 1. The molecule has 1 saturated carbocycles. The zero-order chi connectivity index (χ0) is 31.1. The lowest BCUT2D eigenvalue weighted by Gasteiger charge is -2.39. The van der Waals surface area contributed by atoms with E-state index in [4.69, 9.17) is 9.26 Å². The third-order valence-corrected chi connectivity index (χ3v) is 9.00. The minimum atomic E-state index is -0.379. The van der Waals surface area contributed by atoms with Crippen LogP contribution in [0.2, 0.25) is 0 Å². The molecule has 3 aromatic rings. The lowest BCUT2D eigenvalue weighted by Crippen LogP contribution is -2.39. The molecular formula is C33H50N6O4. The molecule has 4 unspecified atom stereocenters. The number of hydrogen-bond donors (Lipinski definition) is 1. The van der Waals surface area contributed by atoms with Gasteiger partial charge in [-0.05, 0) is 77.2 Å². The Balaban J connectivity index is 0.000000158. The first-order valence-electron chi connectivity index (χ1n) is 15.9. The maximum absolute atomic E-state index is 11.8. The smallest absolute Gasteiger partial charge is 0.410 e. The van der Waals surface area contributed by atoms with Gasteiger partial charge in [0.15, 0.2) is 0 Å². The van der Waals surface area contributed by atoms with E-state index in [2.05, 4.69) is 45.8 Å². The van der Waals surface area contributed by atoms with Crippen LogP contribution in [0.15, 0.2) is 23.1 Å². The summed E-state index contributed by atoms with van der Waals surface area (Å²) in [5.41, 5.74) is 2.65. The van der Waals surface area contributed by atoms with Crippen LogP contribution >= 0.6 is 0 Å². The average molecular weight is 595 g/mol. The summed E-state index contributed by atoms with van der Waals surface area (Å²) in [6.45, 7) is 16.9. The normalized spacial score (nSPS) is 23.0. The fraction of sp³-hybridized carbons (Fsp3) is 0.667. The molecule has 236 valence electrons. The topological polar surface area (TPSA) is 117 Å². The van der Waals surface area contributed by atoms with Crippen molar-refractivity contribution in [1.82, 2.24) is 25.0 Å². The maximum atomic E-state index is 11.8. The molecule has 0 bridgehead atoms. The molecule has 1 N–H and O–H groups in total. The Bertz CT molecular complexity index is 1340. The number of fused-ring (bicyclic) bond motifs is 2. The molecule has 43 heavy (non-hydrogen) atoms. The number of ether oxygens (including phenoxy) is 1. The van der Waals surface area contributed by atoms with Gasteiger partial charge in [-0.1, -0.05) is 32.3 Å². The molecule has 2 aliphatic heterocycles. The molecule has 10 heteroatoms.